The molecule has 15 heavy (non-hydrogen) atoms. The Kier molecular flexibility index (Phi) is 3.38. The molecule has 0 aliphatic carbocycles. The summed E-state index contributed by atoms with van der Waals surface area (Å²) in [5.41, 5.74) is 6.28. The van der Waals surface area contributed by atoms with Gasteiger partial charge in [0.25, 0.3) is 0 Å². The van der Waals surface area contributed by atoms with Crippen molar-refractivity contribution in [1.29, 1.82) is 0 Å². The second-order valence-electron chi connectivity index (χ2n) is 2.98. The third kappa shape index (κ3) is 2.52. The number of rotatable bonds is 3. The highest BCUT2D eigenvalue weighted by molar-refractivity contribution is 5.74. The van der Waals surface area contributed by atoms with Crippen LogP contribution in [-0.2, 0) is 16.0 Å². The van der Waals surface area contributed by atoms with Gasteiger partial charge in [-0.2, -0.15) is 0 Å². The van der Waals surface area contributed by atoms with Crippen molar-refractivity contribution in [3.05, 3.63) is 17.7 Å². The van der Waals surface area contributed by atoms with Crippen LogP contribution < -0.4 is 10.5 Å². The Morgan fingerprint density at radius 1 is 1.47 bits per heavy atom. The van der Waals surface area contributed by atoms with Gasteiger partial charge in [0.2, 0.25) is 0 Å². The number of hydrogen-bond donors (Lipinski definition) is 2. The third-order valence-electron chi connectivity index (χ3n) is 1.98. The predicted molar refractivity (Wildman–Crippen MR) is 54.8 cm³/mol. The molecule has 0 fully saturated rings. The first kappa shape index (κ1) is 11.2. The number of carbonyl (C=O) groups is 1. The van der Waals surface area contributed by atoms with Crippen LogP contribution in [-0.4, -0.2) is 25.3 Å². The molecular formula is C10H13NO4. The summed E-state index contributed by atoms with van der Waals surface area (Å²) in [4.78, 5) is 11.0. The minimum absolute atomic E-state index is 0.0701. The molecule has 0 amide bonds. The Morgan fingerprint density at radius 3 is 2.67 bits per heavy atom. The fourth-order valence-electron chi connectivity index (χ4n) is 1.18. The number of esters is 1. The van der Waals surface area contributed by atoms with Crippen LogP contribution in [0.2, 0.25) is 0 Å². The molecular weight excluding hydrogens is 198 g/mol. The molecule has 0 atom stereocenters. The van der Waals surface area contributed by atoms with Gasteiger partial charge < -0.3 is 20.3 Å². The standard InChI is InChI=1S/C10H13NO4/c1-14-8-4-6(5-9(13)15-2)3-7(12)10(8)11/h3-4,12H,5,11H2,1-2H3. The maximum atomic E-state index is 11.0. The predicted octanol–water partition coefficient (Wildman–Crippen LogP) is 0.698. The van der Waals surface area contributed by atoms with Crippen LogP contribution >= 0.6 is 0 Å². The Labute approximate surface area is 87.4 Å². The van der Waals surface area contributed by atoms with Gasteiger partial charge in [-0.1, -0.05) is 0 Å². The molecule has 1 rings (SSSR count). The van der Waals surface area contributed by atoms with E-state index in [1.54, 1.807) is 6.07 Å². The molecule has 82 valence electrons. The summed E-state index contributed by atoms with van der Waals surface area (Å²) >= 11 is 0. The Balaban J connectivity index is 3.00. The number of nitrogen functional groups attached to an aromatic ring is 1. The van der Waals surface area contributed by atoms with E-state index < -0.39 is 0 Å². The van der Waals surface area contributed by atoms with Gasteiger partial charge in [0.15, 0.2) is 0 Å². The van der Waals surface area contributed by atoms with Gasteiger partial charge >= 0.3 is 5.97 Å². The number of aromatic hydroxyl groups is 1. The van der Waals surface area contributed by atoms with Gasteiger partial charge in [-0.05, 0) is 17.7 Å². The van der Waals surface area contributed by atoms with Crippen LogP contribution in [0, 0.1) is 0 Å². The summed E-state index contributed by atoms with van der Waals surface area (Å²) in [6.45, 7) is 0. The molecule has 5 nitrogen and oxygen atoms in total. The molecule has 5 heteroatoms. The Bertz CT molecular complexity index is 376. The van der Waals surface area contributed by atoms with E-state index in [9.17, 15) is 9.90 Å². The largest absolute Gasteiger partial charge is 0.506 e. The van der Waals surface area contributed by atoms with E-state index in [2.05, 4.69) is 4.74 Å². The second-order valence-corrected chi connectivity index (χ2v) is 2.98. The highest BCUT2D eigenvalue weighted by atomic mass is 16.5. The van der Waals surface area contributed by atoms with Crippen LogP contribution in [0.25, 0.3) is 0 Å². The molecule has 0 aliphatic rings. The molecule has 0 heterocycles. The molecule has 0 aromatic heterocycles. The summed E-state index contributed by atoms with van der Waals surface area (Å²) < 4.78 is 9.45. The Hall–Kier alpha value is -1.91. The number of phenolic OH excluding ortho intramolecular Hbond substituents is 1. The van der Waals surface area contributed by atoms with Crippen molar-refractivity contribution < 1.29 is 19.4 Å². The van der Waals surface area contributed by atoms with Gasteiger partial charge in [0.1, 0.15) is 17.2 Å². The van der Waals surface area contributed by atoms with Crippen LogP contribution in [0.15, 0.2) is 12.1 Å². The third-order valence-corrected chi connectivity index (χ3v) is 1.98. The average molecular weight is 211 g/mol. The number of hydrogen-bond acceptors (Lipinski definition) is 5. The highest BCUT2D eigenvalue weighted by Gasteiger charge is 2.10. The molecule has 0 spiro atoms. The van der Waals surface area contributed by atoms with Gasteiger partial charge in [-0.15, -0.1) is 0 Å². The molecule has 0 bridgehead atoms. The van der Waals surface area contributed by atoms with Crippen molar-refractivity contribution in [2.45, 2.75) is 6.42 Å². The van der Waals surface area contributed by atoms with Crippen molar-refractivity contribution in [3.63, 3.8) is 0 Å². The number of methoxy groups -OCH3 is 2. The number of phenols is 1. The van der Waals surface area contributed by atoms with E-state index in [4.69, 9.17) is 10.5 Å². The van der Waals surface area contributed by atoms with E-state index in [0.29, 0.717) is 11.3 Å². The quantitative estimate of drug-likeness (QED) is 0.437. The fourth-order valence-corrected chi connectivity index (χ4v) is 1.18. The minimum atomic E-state index is -0.388. The number of nitrogens with two attached hydrogens (primary N) is 1. The lowest BCUT2D eigenvalue weighted by molar-refractivity contribution is -0.139. The minimum Gasteiger partial charge on any atom is -0.506 e. The number of anilines is 1. The maximum absolute atomic E-state index is 11.0. The Morgan fingerprint density at radius 2 is 2.13 bits per heavy atom. The highest BCUT2D eigenvalue weighted by Crippen LogP contribution is 2.32. The van der Waals surface area contributed by atoms with Gasteiger partial charge in [0, 0.05) is 0 Å². The first-order valence-electron chi connectivity index (χ1n) is 4.30. The van der Waals surface area contributed by atoms with Gasteiger partial charge in [0.05, 0.1) is 20.6 Å². The van der Waals surface area contributed by atoms with E-state index in [-0.39, 0.29) is 23.8 Å². The molecule has 1 aromatic rings. The normalized spacial score (nSPS) is 9.73. The van der Waals surface area contributed by atoms with Crippen LogP contribution in [0.4, 0.5) is 5.69 Å². The first-order valence-corrected chi connectivity index (χ1v) is 4.30. The van der Waals surface area contributed by atoms with E-state index >= 15 is 0 Å². The smallest absolute Gasteiger partial charge is 0.309 e. The topological polar surface area (TPSA) is 81.8 Å². The summed E-state index contributed by atoms with van der Waals surface area (Å²) in [6.07, 6.45) is 0.0701. The lowest BCUT2D eigenvalue weighted by Crippen LogP contribution is -2.05. The van der Waals surface area contributed by atoms with Crippen molar-refractivity contribution in [1.82, 2.24) is 0 Å². The zero-order valence-corrected chi connectivity index (χ0v) is 8.61. The summed E-state index contributed by atoms with van der Waals surface area (Å²) in [5, 5.41) is 9.44. The molecule has 1 aromatic carbocycles. The van der Waals surface area contributed by atoms with E-state index in [0.717, 1.165) is 0 Å². The van der Waals surface area contributed by atoms with Crippen molar-refractivity contribution in [3.8, 4) is 11.5 Å². The zero-order chi connectivity index (χ0) is 11.4. The zero-order valence-electron chi connectivity index (χ0n) is 8.61. The van der Waals surface area contributed by atoms with Crippen molar-refractivity contribution in [2.24, 2.45) is 0 Å². The monoisotopic (exact) mass is 211 g/mol. The van der Waals surface area contributed by atoms with Crippen molar-refractivity contribution in [2.75, 3.05) is 20.0 Å². The SMILES string of the molecule is COC(=O)Cc1cc(O)c(N)c(OC)c1. The fraction of sp³-hybridized carbons (Fsp3) is 0.300. The maximum Gasteiger partial charge on any atom is 0.309 e. The average Bonchev–Trinajstić information content (AvgIpc) is 2.22. The molecule has 0 saturated carbocycles. The first-order chi connectivity index (χ1) is 7.08. The second kappa shape index (κ2) is 4.54. The molecule has 0 radical (unpaired) electrons. The lowest BCUT2D eigenvalue weighted by Gasteiger charge is -2.08. The molecule has 3 N–H and O–H groups in total. The molecule has 0 saturated heterocycles. The molecule has 0 unspecified atom stereocenters. The number of carbonyl (C=O) groups excluding carboxylic acids is 1. The van der Waals surface area contributed by atoms with E-state index in [1.165, 1.54) is 20.3 Å². The van der Waals surface area contributed by atoms with Gasteiger partial charge in [-0.3, -0.25) is 4.79 Å². The summed E-state index contributed by atoms with van der Waals surface area (Å²) in [5.74, 6) is -0.150. The lowest BCUT2D eigenvalue weighted by atomic mass is 10.1. The molecule has 0 aliphatic heterocycles. The van der Waals surface area contributed by atoms with Gasteiger partial charge in [-0.25, -0.2) is 0 Å². The number of ether oxygens (including phenoxy) is 2. The summed E-state index contributed by atoms with van der Waals surface area (Å²) in [6, 6.07) is 3.00. The van der Waals surface area contributed by atoms with Crippen LogP contribution in [0.1, 0.15) is 5.56 Å². The van der Waals surface area contributed by atoms with Crippen molar-refractivity contribution >= 4 is 11.7 Å². The van der Waals surface area contributed by atoms with Crippen LogP contribution in [0.3, 0.4) is 0 Å². The van der Waals surface area contributed by atoms with Crippen LogP contribution in [0.5, 0.6) is 11.5 Å². The number of benzene rings is 1. The summed E-state index contributed by atoms with van der Waals surface area (Å²) in [7, 11) is 2.74. The van der Waals surface area contributed by atoms with E-state index in [1.807, 2.05) is 0 Å².